The van der Waals surface area contributed by atoms with Crippen molar-refractivity contribution in [1.29, 1.82) is 0 Å². The Kier molecular flexibility index (Phi) is 3.47. The summed E-state index contributed by atoms with van der Waals surface area (Å²) in [5.41, 5.74) is 0.315. The van der Waals surface area contributed by atoms with E-state index in [0.29, 0.717) is 18.5 Å². The minimum Gasteiger partial charge on any atom is -0.379 e. The minimum atomic E-state index is -0.592. The van der Waals surface area contributed by atoms with Gasteiger partial charge in [-0.05, 0) is 18.6 Å². The summed E-state index contributed by atoms with van der Waals surface area (Å²) < 4.78 is 26.4. The van der Waals surface area contributed by atoms with Crippen LogP contribution in [0, 0.1) is 30.9 Å². The van der Waals surface area contributed by atoms with E-state index in [9.17, 15) is 8.78 Å². The van der Waals surface area contributed by atoms with Crippen molar-refractivity contribution in [3.63, 3.8) is 0 Å². The molecule has 0 radical (unpaired) electrons. The quantitative estimate of drug-likeness (QED) is 0.577. The van der Waals surface area contributed by atoms with Crippen molar-refractivity contribution in [2.45, 2.75) is 13.3 Å². The highest BCUT2D eigenvalue weighted by Gasteiger charge is 2.09. The van der Waals surface area contributed by atoms with Gasteiger partial charge in [-0.2, -0.15) is 0 Å². The smallest absolute Gasteiger partial charge is 0.152 e. The van der Waals surface area contributed by atoms with Gasteiger partial charge in [0.2, 0.25) is 0 Å². The van der Waals surface area contributed by atoms with Gasteiger partial charge in [0.1, 0.15) is 11.5 Å². The summed E-state index contributed by atoms with van der Waals surface area (Å²) in [5, 5.41) is 2.63. The Balaban J connectivity index is 2.85. The molecule has 0 bridgehead atoms. The molecule has 0 aliphatic rings. The van der Waals surface area contributed by atoms with Crippen molar-refractivity contribution < 1.29 is 8.78 Å². The lowest BCUT2D eigenvalue weighted by Crippen LogP contribution is -2.05. The van der Waals surface area contributed by atoms with Crippen LogP contribution in [0.2, 0.25) is 0 Å². The molecule has 0 aliphatic heterocycles. The summed E-state index contributed by atoms with van der Waals surface area (Å²) in [6.45, 7) is 1.95. The highest BCUT2D eigenvalue weighted by Crippen LogP contribution is 2.21. The maximum atomic E-state index is 13.3. The molecular weight excluding hydrogens is 184 g/mol. The third-order valence-corrected chi connectivity index (χ3v) is 1.86. The van der Waals surface area contributed by atoms with Crippen LogP contribution in [0.5, 0.6) is 0 Å². The lowest BCUT2D eigenvalue weighted by Gasteiger charge is -2.08. The summed E-state index contributed by atoms with van der Waals surface area (Å²) in [5.74, 6) is 1.24. The van der Waals surface area contributed by atoms with Gasteiger partial charge < -0.3 is 5.32 Å². The van der Waals surface area contributed by atoms with E-state index in [-0.39, 0.29) is 5.69 Å². The van der Waals surface area contributed by atoms with Crippen LogP contribution in [0.15, 0.2) is 12.1 Å². The number of anilines is 1. The van der Waals surface area contributed by atoms with Crippen molar-refractivity contribution in [3.05, 3.63) is 29.3 Å². The van der Waals surface area contributed by atoms with E-state index in [2.05, 4.69) is 11.2 Å². The maximum Gasteiger partial charge on any atom is 0.152 e. The van der Waals surface area contributed by atoms with Crippen molar-refractivity contribution in [2.24, 2.45) is 0 Å². The molecule has 0 heterocycles. The van der Waals surface area contributed by atoms with Gasteiger partial charge in [0.15, 0.2) is 5.82 Å². The van der Waals surface area contributed by atoms with Crippen LogP contribution in [0.3, 0.4) is 0 Å². The summed E-state index contributed by atoms with van der Waals surface area (Å²) in [7, 11) is 0. The molecule has 0 atom stereocenters. The lowest BCUT2D eigenvalue weighted by molar-refractivity contribution is 0.582. The molecule has 3 heteroatoms. The van der Waals surface area contributed by atoms with Gasteiger partial charge in [-0.15, -0.1) is 12.3 Å². The molecule has 1 N–H and O–H groups in total. The molecule has 0 fully saturated rings. The van der Waals surface area contributed by atoms with Gasteiger partial charge in [0, 0.05) is 13.0 Å². The Morgan fingerprint density at radius 3 is 2.79 bits per heavy atom. The third kappa shape index (κ3) is 2.23. The lowest BCUT2D eigenvalue weighted by atomic mass is 10.2. The standard InChI is InChI=1S/C11H11F2N/c1-3-4-7-14-11-9(12)6-5-8(2)10(11)13/h1,5-6,14H,4,7H2,2H3. The van der Waals surface area contributed by atoms with Gasteiger partial charge in [-0.3, -0.25) is 0 Å². The zero-order valence-electron chi connectivity index (χ0n) is 7.90. The fourth-order valence-electron chi connectivity index (χ4n) is 1.08. The number of hydrogen-bond donors (Lipinski definition) is 1. The monoisotopic (exact) mass is 195 g/mol. The molecule has 0 unspecified atom stereocenters. The first-order chi connectivity index (χ1) is 6.66. The second-order valence-electron chi connectivity index (χ2n) is 2.93. The summed E-state index contributed by atoms with van der Waals surface area (Å²) >= 11 is 0. The van der Waals surface area contributed by atoms with Crippen LogP contribution >= 0.6 is 0 Å². The van der Waals surface area contributed by atoms with E-state index in [0.717, 1.165) is 0 Å². The summed E-state index contributed by atoms with van der Waals surface area (Å²) in [4.78, 5) is 0. The first kappa shape index (κ1) is 10.5. The first-order valence-corrected chi connectivity index (χ1v) is 4.28. The molecule has 74 valence electrons. The van der Waals surface area contributed by atoms with Gasteiger partial charge in [0.25, 0.3) is 0 Å². The normalized spacial score (nSPS) is 9.57. The van der Waals surface area contributed by atoms with E-state index >= 15 is 0 Å². The number of terminal acetylenes is 1. The average molecular weight is 195 g/mol. The molecule has 0 spiro atoms. The highest BCUT2D eigenvalue weighted by molar-refractivity contribution is 5.48. The Morgan fingerprint density at radius 2 is 2.14 bits per heavy atom. The molecule has 1 nitrogen and oxygen atoms in total. The van der Waals surface area contributed by atoms with Crippen molar-refractivity contribution >= 4 is 5.69 Å². The van der Waals surface area contributed by atoms with Crippen LogP contribution < -0.4 is 5.32 Å². The molecule has 1 aromatic rings. The summed E-state index contributed by atoms with van der Waals surface area (Å²) in [6.07, 6.45) is 5.46. The Hall–Kier alpha value is -1.56. The zero-order valence-corrected chi connectivity index (χ0v) is 7.90. The minimum absolute atomic E-state index is 0.0970. The Bertz CT molecular complexity index is 366. The van der Waals surface area contributed by atoms with Crippen LogP contribution in [0.4, 0.5) is 14.5 Å². The van der Waals surface area contributed by atoms with E-state index in [1.807, 2.05) is 0 Å². The molecular formula is C11H11F2N. The van der Waals surface area contributed by atoms with E-state index in [4.69, 9.17) is 6.42 Å². The van der Waals surface area contributed by atoms with E-state index in [1.54, 1.807) is 6.92 Å². The van der Waals surface area contributed by atoms with Crippen molar-refractivity contribution in [2.75, 3.05) is 11.9 Å². The van der Waals surface area contributed by atoms with Gasteiger partial charge >= 0.3 is 0 Å². The van der Waals surface area contributed by atoms with Gasteiger partial charge in [-0.25, -0.2) is 8.78 Å². The maximum absolute atomic E-state index is 13.3. The van der Waals surface area contributed by atoms with E-state index in [1.165, 1.54) is 12.1 Å². The predicted octanol–water partition coefficient (Wildman–Crippen LogP) is 2.71. The summed E-state index contributed by atoms with van der Waals surface area (Å²) in [6, 6.07) is 2.63. The molecule has 0 saturated carbocycles. The predicted molar refractivity (Wildman–Crippen MR) is 53.0 cm³/mol. The molecule has 0 aliphatic carbocycles. The average Bonchev–Trinajstić information content (AvgIpc) is 2.18. The van der Waals surface area contributed by atoms with Crippen LogP contribution in [0.25, 0.3) is 0 Å². The number of aryl methyl sites for hydroxylation is 1. The fraction of sp³-hybridized carbons (Fsp3) is 0.273. The van der Waals surface area contributed by atoms with Crippen molar-refractivity contribution in [3.8, 4) is 12.3 Å². The van der Waals surface area contributed by atoms with Gasteiger partial charge in [0.05, 0.1) is 0 Å². The third-order valence-electron chi connectivity index (χ3n) is 1.86. The van der Waals surface area contributed by atoms with Crippen LogP contribution in [0.1, 0.15) is 12.0 Å². The van der Waals surface area contributed by atoms with Crippen LogP contribution in [-0.2, 0) is 0 Å². The molecule has 0 saturated heterocycles. The molecule has 0 amide bonds. The van der Waals surface area contributed by atoms with Crippen molar-refractivity contribution in [1.82, 2.24) is 0 Å². The number of benzene rings is 1. The second-order valence-corrected chi connectivity index (χ2v) is 2.93. The zero-order chi connectivity index (χ0) is 10.6. The molecule has 14 heavy (non-hydrogen) atoms. The van der Waals surface area contributed by atoms with Gasteiger partial charge in [-0.1, -0.05) is 6.07 Å². The molecule has 1 aromatic carbocycles. The van der Waals surface area contributed by atoms with Crippen LogP contribution in [-0.4, -0.2) is 6.54 Å². The number of halogens is 2. The Labute approximate surface area is 82.1 Å². The van der Waals surface area contributed by atoms with E-state index < -0.39 is 11.6 Å². The molecule has 0 aromatic heterocycles. The SMILES string of the molecule is C#CCCNc1c(F)ccc(C)c1F. The largest absolute Gasteiger partial charge is 0.379 e. The number of hydrogen-bond acceptors (Lipinski definition) is 1. The molecule has 1 rings (SSSR count). The fourth-order valence-corrected chi connectivity index (χ4v) is 1.08. The number of rotatable bonds is 3. The number of nitrogens with one attached hydrogen (secondary N) is 1. The highest BCUT2D eigenvalue weighted by atomic mass is 19.1. The Morgan fingerprint density at radius 1 is 1.43 bits per heavy atom. The first-order valence-electron chi connectivity index (χ1n) is 4.28. The second kappa shape index (κ2) is 4.61. The topological polar surface area (TPSA) is 12.0 Å².